The number of benzene rings is 3. The zero-order valence-corrected chi connectivity index (χ0v) is 23.8. The first-order valence-electron chi connectivity index (χ1n) is 13.7. The SMILES string of the molecule is COc1ccc(Nc2nc(N/N=C\c3cc(OC)c(O)cc3[N+](=O)[O-])nc(N3CCC(Cc4ccccc4)CC3)n2)cc1. The molecule has 1 aliphatic heterocycles. The zero-order valence-electron chi connectivity index (χ0n) is 23.8. The number of nitrogens with one attached hydrogen (secondary N) is 2. The summed E-state index contributed by atoms with van der Waals surface area (Å²) >= 11 is 0. The van der Waals surface area contributed by atoms with E-state index in [-0.39, 0.29) is 28.7 Å². The van der Waals surface area contributed by atoms with E-state index in [1.165, 1.54) is 25.0 Å². The molecule has 1 aromatic heterocycles. The summed E-state index contributed by atoms with van der Waals surface area (Å²) in [4.78, 5) is 26.8. The number of hydrogen-bond donors (Lipinski definition) is 3. The fourth-order valence-corrected chi connectivity index (χ4v) is 4.86. The summed E-state index contributed by atoms with van der Waals surface area (Å²) in [6.07, 6.45) is 4.27. The molecule has 3 aromatic carbocycles. The number of aromatic hydroxyl groups is 1. The molecule has 0 saturated carbocycles. The molecule has 1 fully saturated rings. The van der Waals surface area contributed by atoms with Crippen LogP contribution in [0.25, 0.3) is 0 Å². The number of nitro benzene ring substituents is 1. The Balaban J connectivity index is 1.36. The molecule has 2 heterocycles. The van der Waals surface area contributed by atoms with Gasteiger partial charge in [0.25, 0.3) is 5.69 Å². The average molecular weight is 585 g/mol. The summed E-state index contributed by atoms with van der Waals surface area (Å²) in [5.41, 5.74) is 4.65. The Morgan fingerprint density at radius 1 is 1.02 bits per heavy atom. The second-order valence-electron chi connectivity index (χ2n) is 9.97. The highest BCUT2D eigenvalue weighted by Gasteiger charge is 2.23. The van der Waals surface area contributed by atoms with Crippen LogP contribution in [0, 0.1) is 16.0 Å². The van der Waals surface area contributed by atoms with Gasteiger partial charge in [0.15, 0.2) is 11.5 Å². The lowest BCUT2D eigenvalue weighted by Gasteiger charge is -2.32. The first-order chi connectivity index (χ1) is 20.9. The summed E-state index contributed by atoms with van der Waals surface area (Å²) in [6, 6.07) is 20.2. The summed E-state index contributed by atoms with van der Waals surface area (Å²) in [7, 11) is 2.96. The number of ether oxygens (including phenoxy) is 2. The third-order valence-electron chi connectivity index (χ3n) is 7.13. The van der Waals surface area contributed by atoms with Gasteiger partial charge in [-0.25, -0.2) is 5.43 Å². The van der Waals surface area contributed by atoms with Crippen molar-refractivity contribution in [1.29, 1.82) is 0 Å². The van der Waals surface area contributed by atoms with Crippen molar-refractivity contribution in [2.75, 3.05) is 43.0 Å². The lowest BCUT2D eigenvalue weighted by Crippen LogP contribution is -2.35. The van der Waals surface area contributed by atoms with Gasteiger partial charge in [0, 0.05) is 18.8 Å². The topological polar surface area (TPSA) is 160 Å². The van der Waals surface area contributed by atoms with Crippen LogP contribution in [-0.4, -0.2) is 58.5 Å². The summed E-state index contributed by atoms with van der Waals surface area (Å²) in [5.74, 6) is 1.96. The second-order valence-corrected chi connectivity index (χ2v) is 9.97. The molecule has 5 rings (SSSR count). The summed E-state index contributed by atoms with van der Waals surface area (Å²) < 4.78 is 10.3. The van der Waals surface area contributed by atoms with Gasteiger partial charge in [-0.2, -0.15) is 20.1 Å². The predicted molar refractivity (Wildman–Crippen MR) is 164 cm³/mol. The Bertz CT molecular complexity index is 1580. The molecule has 222 valence electrons. The van der Waals surface area contributed by atoms with Gasteiger partial charge < -0.3 is 24.8 Å². The smallest absolute Gasteiger partial charge is 0.282 e. The average Bonchev–Trinajstić information content (AvgIpc) is 3.02. The Morgan fingerprint density at radius 2 is 1.74 bits per heavy atom. The number of phenols is 1. The van der Waals surface area contributed by atoms with Crippen LogP contribution in [0.15, 0.2) is 71.8 Å². The quantitative estimate of drug-likeness (QED) is 0.121. The molecule has 1 aliphatic rings. The highest BCUT2D eigenvalue weighted by molar-refractivity contribution is 5.87. The van der Waals surface area contributed by atoms with Crippen molar-refractivity contribution in [2.24, 2.45) is 11.0 Å². The van der Waals surface area contributed by atoms with Gasteiger partial charge in [0.2, 0.25) is 17.8 Å². The Hall–Kier alpha value is -5.46. The fraction of sp³-hybridized carbons (Fsp3) is 0.267. The summed E-state index contributed by atoms with van der Waals surface area (Å²) in [6.45, 7) is 1.57. The highest BCUT2D eigenvalue weighted by atomic mass is 16.6. The maximum Gasteiger partial charge on any atom is 0.282 e. The second kappa shape index (κ2) is 13.5. The lowest BCUT2D eigenvalue weighted by molar-refractivity contribution is -0.385. The van der Waals surface area contributed by atoms with E-state index in [2.05, 4.69) is 60.0 Å². The van der Waals surface area contributed by atoms with E-state index in [0.29, 0.717) is 17.8 Å². The molecule has 13 nitrogen and oxygen atoms in total. The van der Waals surface area contributed by atoms with E-state index < -0.39 is 4.92 Å². The summed E-state index contributed by atoms with van der Waals surface area (Å²) in [5, 5.41) is 28.8. The van der Waals surface area contributed by atoms with Crippen LogP contribution < -0.4 is 25.1 Å². The van der Waals surface area contributed by atoms with E-state index in [0.717, 1.165) is 49.9 Å². The molecule has 0 bridgehead atoms. The van der Waals surface area contributed by atoms with E-state index in [1.807, 2.05) is 30.3 Å². The van der Waals surface area contributed by atoms with Gasteiger partial charge >= 0.3 is 0 Å². The monoisotopic (exact) mass is 584 g/mol. The van der Waals surface area contributed by atoms with Crippen LogP contribution in [-0.2, 0) is 6.42 Å². The largest absolute Gasteiger partial charge is 0.504 e. The van der Waals surface area contributed by atoms with Crippen molar-refractivity contribution in [1.82, 2.24) is 15.0 Å². The molecule has 4 aromatic rings. The molecule has 0 amide bonds. The molecule has 0 unspecified atom stereocenters. The Kier molecular flexibility index (Phi) is 9.10. The number of hydrazone groups is 1. The van der Waals surface area contributed by atoms with Gasteiger partial charge in [-0.15, -0.1) is 0 Å². The van der Waals surface area contributed by atoms with Gasteiger partial charge in [-0.1, -0.05) is 30.3 Å². The van der Waals surface area contributed by atoms with E-state index in [4.69, 9.17) is 9.47 Å². The molecule has 0 aliphatic carbocycles. The molecular formula is C30H32N8O5. The first kappa shape index (κ1) is 29.0. The molecular weight excluding hydrogens is 552 g/mol. The van der Waals surface area contributed by atoms with E-state index >= 15 is 0 Å². The fourth-order valence-electron chi connectivity index (χ4n) is 4.86. The number of methoxy groups -OCH3 is 2. The number of hydrogen-bond acceptors (Lipinski definition) is 12. The van der Waals surface area contributed by atoms with Crippen LogP contribution >= 0.6 is 0 Å². The van der Waals surface area contributed by atoms with E-state index in [9.17, 15) is 15.2 Å². The molecule has 0 spiro atoms. The van der Waals surface area contributed by atoms with Gasteiger partial charge in [0.05, 0.1) is 37.0 Å². The van der Waals surface area contributed by atoms with Crippen LogP contribution in [0.3, 0.4) is 0 Å². The molecule has 3 N–H and O–H groups in total. The minimum absolute atomic E-state index is 0.0798. The van der Waals surface area contributed by atoms with Crippen LogP contribution in [0.1, 0.15) is 24.0 Å². The van der Waals surface area contributed by atoms with Gasteiger partial charge in [-0.05, 0) is 61.1 Å². The maximum atomic E-state index is 11.5. The zero-order chi connectivity index (χ0) is 30.2. The standard InChI is InChI=1S/C30H32N8O5/c1-42-24-10-8-23(9-11-24)32-28-33-29(36-31-19-22-17-27(43-2)26(39)18-25(22)38(40)41)35-30(34-28)37-14-12-21(13-15-37)16-20-6-4-3-5-7-20/h3-11,17-19,21,39H,12-16H2,1-2H3,(H2,32,33,34,35,36)/b31-19-. The van der Waals surface area contributed by atoms with Gasteiger partial charge in [0.1, 0.15) is 5.75 Å². The van der Waals surface area contributed by atoms with Crippen molar-refractivity contribution >= 4 is 35.4 Å². The molecule has 0 atom stereocenters. The molecule has 1 saturated heterocycles. The normalized spacial score (nSPS) is 13.6. The lowest BCUT2D eigenvalue weighted by atomic mass is 9.90. The van der Waals surface area contributed by atoms with Crippen LogP contribution in [0.2, 0.25) is 0 Å². The third-order valence-corrected chi connectivity index (χ3v) is 7.13. The van der Waals surface area contributed by atoms with Crippen LogP contribution in [0.5, 0.6) is 17.2 Å². The maximum absolute atomic E-state index is 11.5. The number of nitro groups is 1. The third kappa shape index (κ3) is 7.44. The van der Waals surface area contributed by atoms with Crippen molar-refractivity contribution in [3.63, 3.8) is 0 Å². The molecule has 43 heavy (non-hydrogen) atoms. The Morgan fingerprint density at radius 3 is 2.42 bits per heavy atom. The van der Waals surface area contributed by atoms with Crippen molar-refractivity contribution in [2.45, 2.75) is 19.3 Å². The first-order valence-corrected chi connectivity index (χ1v) is 13.7. The minimum Gasteiger partial charge on any atom is -0.504 e. The number of anilines is 4. The number of aromatic nitrogens is 3. The van der Waals surface area contributed by atoms with E-state index in [1.54, 1.807) is 7.11 Å². The van der Waals surface area contributed by atoms with Crippen molar-refractivity contribution in [3.8, 4) is 17.2 Å². The van der Waals surface area contributed by atoms with Crippen molar-refractivity contribution in [3.05, 3.63) is 88.0 Å². The number of rotatable bonds is 11. The van der Waals surface area contributed by atoms with Crippen molar-refractivity contribution < 1.29 is 19.5 Å². The minimum atomic E-state index is -0.611. The number of nitrogens with zero attached hydrogens (tertiary/aromatic N) is 6. The predicted octanol–water partition coefficient (Wildman–Crippen LogP) is 5.15. The molecule has 0 radical (unpaired) electrons. The number of piperidine rings is 1. The highest BCUT2D eigenvalue weighted by Crippen LogP contribution is 2.33. The van der Waals surface area contributed by atoms with Crippen LogP contribution in [0.4, 0.5) is 29.2 Å². The van der Waals surface area contributed by atoms with Gasteiger partial charge in [-0.3, -0.25) is 10.1 Å². The molecule has 13 heteroatoms. The number of phenolic OH excluding ortho intramolecular Hbond substituents is 1. The Labute approximate surface area is 248 Å².